The molecule has 1 aromatic carbocycles. The Bertz CT molecular complexity index is 884. The van der Waals surface area contributed by atoms with Gasteiger partial charge in [0.25, 0.3) is 0 Å². The number of carboxylic acids is 1. The molecule has 31 heavy (non-hydrogen) atoms. The lowest BCUT2D eigenvalue weighted by atomic mass is 9.91. The third kappa shape index (κ3) is 6.28. The van der Waals surface area contributed by atoms with Crippen molar-refractivity contribution in [1.29, 1.82) is 0 Å². The normalized spacial score (nSPS) is 26.0. The maximum atomic E-state index is 10.8. The van der Waals surface area contributed by atoms with E-state index in [0.717, 1.165) is 18.5 Å². The fourth-order valence-corrected chi connectivity index (χ4v) is 4.78. The zero-order chi connectivity index (χ0) is 21.6. The first-order valence-corrected chi connectivity index (χ1v) is 11.6. The summed E-state index contributed by atoms with van der Waals surface area (Å²) in [5.41, 5.74) is 3.92. The Labute approximate surface area is 184 Å². The maximum absolute atomic E-state index is 10.8. The molecule has 2 saturated carbocycles. The lowest BCUT2D eigenvalue weighted by Crippen LogP contribution is -2.40. The van der Waals surface area contributed by atoms with Gasteiger partial charge in [0, 0.05) is 36.4 Å². The molecule has 1 heterocycles. The molecule has 2 fully saturated rings. The zero-order valence-corrected chi connectivity index (χ0v) is 18.3. The van der Waals surface area contributed by atoms with Crippen LogP contribution in [0.3, 0.4) is 0 Å². The van der Waals surface area contributed by atoms with Crippen LogP contribution in [-0.4, -0.2) is 39.0 Å². The number of aliphatic carboxylic acids is 1. The Morgan fingerprint density at radius 2 is 1.94 bits per heavy atom. The van der Waals surface area contributed by atoms with Gasteiger partial charge in [0.2, 0.25) is 0 Å². The van der Waals surface area contributed by atoms with E-state index in [1.165, 1.54) is 42.3 Å². The lowest BCUT2D eigenvalue weighted by Gasteiger charge is -2.30. The number of hydrogen-bond donors (Lipinski definition) is 3. The molecule has 0 saturated heterocycles. The molecule has 6 nitrogen and oxygen atoms in total. The second kappa shape index (κ2) is 10.2. The zero-order valence-electron chi connectivity index (χ0n) is 18.3. The van der Waals surface area contributed by atoms with E-state index in [1.54, 1.807) is 11.8 Å². The number of carboxylic acid groups (broad SMARTS) is 1. The van der Waals surface area contributed by atoms with Crippen molar-refractivity contribution in [2.24, 2.45) is 5.92 Å². The molecule has 166 valence electrons. The van der Waals surface area contributed by atoms with Gasteiger partial charge in [-0.2, -0.15) is 5.10 Å². The highest BCUT2D eigenvalue weighted by atomic mass is 16.4. The molecular formula is C25H34N4O2. The van der Waals surface area contributed by atoms with Gasteiger partial charge in [0.15, 0.2) is 0 Å². The van der Waals surface area contributed by atoms with Gasteiger partial charge in [-0.1, -0.05) is 48.9 Å². The molecule has 4 rings (SSSR count). The SMILES string of the molecule is CC/C(=C\c1ccccc1)[C@@H]1C[C@H]1NC1CCC(NCc2cnn(CC(=O)O)c2)CC1. The summed E-state index contributed by atoms with van der Waals surface area (Å²) in [6.07, 6.45) is 13.1. The summed E-state index contributed by atoms with van der Waals surface area (Å²) in [7, 11) is 0. The fraction of sp³-hybridized carbons (Fsp3) is 0.520. The Morgan fingerprint density at radius 3 is 2.65 bits per heavy atom. The number of rotatable bonds is 10. The second-order valence-corrected chi connectivity index (χ2v) is 8.97. The number of nitrogens with one attached hydrogen (secondary N) is 2. The van der Waals surface area contributed by atoms with Crippen molar-refractivity contribution in [2.75, 3.05) is 0 Å². The van der Waals surface area contributed by atoms with Crippen LogP contribution in [0.4, 0.5) is 0 Å². The second-order valence-electron chi connectivity index (χ2n) is 8.97. The molecule has 0 aliphatic heterocycles. The minimum atomic E-state index is -0.868. The van der Waals surface area contributed by atoms with Crippen molar-refractivity contribution in [3.8, 4) is 0 Å². The highest BCUT2D eigenvalue weighted by molar-refractivity contribution is 5.66. The van der Waals surface area contributed by atoms with E-state index in [-0.39, 0.29) is 6.54 Å². The van der Waals surface area contributed by atoms with E-state index in [2.05, 4.69) is 59.1 Å². The van der Waals surface area contributed by atoms with Gasteiger partial charge in [-0.25, -0.2) is 0 Å². The average molecular weight is 423 g/mol. The predicted molar refractivity (Wildman–Crippen MR) is 122 cm³/mol. The van der Waals surface area contributed by atoms with Crippen molar-refractivity contribution < 1.29 is 9.90 Å². The van der Waals surface area contributed by atoms with Crippen molar-refractivity contribution in [2.45, 2.75) is 76.7 Å². The molecular weight excluding hydrogens is 388 g/mol. The molecule has 2 aliphatic rings. The monoisotopic (exact) mass is 422 g/mol. The van der Waals surface area contributed by atoms with E-state index in [0.29, 0.717) is 24.0 Å². The minimum absolute atomic E-state index is 0.0841. The molecule has 3 N–H and O–H groups in total. The van der Waals surface area contributed by atoms with Crippen molar-refractivity contribution in [3.63, 3.8) is 0 Å². The van der Waals surface area contributed by atoms with Gasteiger partial charge >= 0.3 is 5.97 Å². The number of aromatic nitrogens is 2. The van der Waals surface area contributed by atoms with Gasteiger partial charge in [-0.05, 0) is 50.0 Å². The summed E-state index contributed by atoms with van der Waals surface area (Å²) in [5.74, 6) is -0.170. The van der Waals surface area contributed by atoms with Crippen LogP contribution in [0.15, 0.2) is 48.3 Å². The number of benzene rings is 1. The van der Waals surface area contributed by atoms with Crippen LogP contribution in [0, 0.1) is 5.92 Å². The number of hydrogen-bond acceptors (Lipinski definition) is 4. The van der Waals surface area contributed by atoms with Crippen LogP contribution < -0.4 is 10.6 Å². The Balaban J connectivity index is 1.17. The Morgan fingerprint density at radius 1 is 1.19 bits per heavy atom. The maximum Gasteiger partial charge on any atom is 0.325 e. The summed E-state index contributed by atoms with van der Waals surface area (Å²) < 4.78 is 1.48. The first kappa shape index (κ1) is 21.8. The summed E-state index contributed by atoms with van der Waals surface area (Å²) in [4.78, 5) is 10.8. The van der Waals surface area contributed by atoms with E-state index in [1.807, 2.05) is 6.20 Å². The van der Waals surface area contributed by atoms with Crippen LogP contribution in [0.25, 0.3) is 6.08 Å². The molecule has 1 aromatic heterocycles. The molecule has 2 atom stereocenters. The van der Waals surface area contributed by atoms with Crippen molar-refractivity contribution in [1.82, 2.24) is 20.4 Å². The number of nitrogens with zero attached hydrogens (tertiary/aromatic N) is 2. The van der Waals surface area contributed by atoms with Gasteiger partial charge < -0.3 is 15.7 Å². The van der Waals surface area contributed by atoms with Crippen molar-refractivity contribution >= 4 is 12.0 Å². The molecule has 0 spiro atoms. The highest BCUT2D eigenvalue weighted by Gasteiger charge is 2.40. The van der Waals surface area contributed by atoms with Gasteiger partial charge in [-0.15, -0.1) is 0 Å². The average Bonchev–Trinajstić information content (AvgIpc) is 3.39. The first-order valence-electron chi connectivity index (χ1n) is 11.6. The fourth-order valence-electron chi connectivity index (χ4n) is 4.78. The molecule has 0 radical (unpaired) electrons. The van der Waals surface area contributed by atoms with E-state index in [9.17, 15) is 4.79 Å². The standard InChI is InChI=1S/C25H34N4O2/c1-2-20(12-18-6-4-3-5-7-18)23-13-24(23)28-22-10-8-21(9-11-22)26-14-19-15-27-29(16-19)17-25(30)31/h3-7,12,15-16,21-24,26,28H,2,8-11,13-14,17H2,1H3,(H,30,31)/b20-12+/t21?,22?,23-,24+/m0/s1. The van der Waals surface area contributed by atoms with E-state index in [4.69, 9.17) is 5.11 Å². The van der Waals surface area contributed by atoms with E-state index >= 15 is 0 Å². The van der Waals surface area contributed by atoms with Crippen molar-refractivity contribution in [3.05, 3.63) is 59.4 Å². The summed E-state index contributed by atoms with van der Waals surface area (Å²) in [6.45, 7) is 2.93. The van der Waals surface area contributed by atoms with E-state index < -0.39 is 5.97 Å². The predicted octanol–water partition coefficient (Wildman–Crippen LogP) is 3.84. The van der Waals surface area contributed by atoms with Crippen LogP contribution in [0.5, 0.6) is 0 Å². The van der Waals surface area contributed by atoms with Gasteiger partial charge in [0.05, 0.1) is 6.20 Å². The summed E-state index contributed by atoms with van der Waals surface area (Å²) in [5, 5.41) is 20.5. The molecule has 2 aromatic rings. The van der Waals surface area contributed by atoms with Crippen LogP contribution >= 0.6 is 0 Å². The molecule has 2 aliphatic carbocycles. The molecule has 0 unspecified atom stereocenters. The summed E-state index contributed by atoms with van der Waals surface area (Å²) in [6, 6.07) is 12.5. The smallest absolute Gasteiger partial charge is 0.325 e. The third-order valence-electron chi connectivity index (χ3n) is 6.58. The Hall–Kier alpha value is -2.44. The molecule has 0 bridgehead atoms. The van der Waals surface area contributed by atoms with Gasteiger partial charge in [0.1, 0.15) is 6.54 Å². The molecule has 6 heteroatoms. The largest absolute Gasteiger partial charge is 0.480 e. The highest BCUT2D eigenvalue weighted by Crippen LogP contribution is 2.40. The quantitative estimate of drug-likeness (QED) is 0.542. The molecule has 0 amide bonds. The van der Waals surface area contributed by atoms with Crippen LogP contribution in [0.1, 0.15) is 56.6 Å². The first-order chi connectivity index (χ1) is 15.1. The Kier molecular flexibility index (Phi) is 7.20. The van der Waals surface area contributed by atoms with Crippen LogP contribution in [0.2, 0.25) is 0 Å². The van der Waals surface area contributed by atoms with Gasteiger partial charge in [-0.3, -0.25) is 9.48 Å². The third-order valence-corrected chi connectivity index (χ3v) is 6.58. The summed E-state index contributed by atoms with van der Waals surface area (Å²) >= 11 is 0. The minimum Gasteiger partial charge on any atom is -0.480 e. The van der Waals surface area contributed by atoms with Crippen LogP contribution in [-0.2, 0) is 17.9 Å². The number of carbonyl (C=O) groups is 1. The lowest BCUT2D eigenvalue weighted by molar-refractivity contribution is -0.137. The topological polar surface area (TPSA) is 79.2 Å².